The molecule has 27 heavy (non-hydrogen) atoms. The smallest absolute Gasteiger partial charge is 0.142 e. The monoisotopic (exact) mass is 357 g/mol. The first kappa shape index (κ1) is 18.9. The van der Waals surface area contributed by atoms with Gasteiger partial charge in [0.15, 0.2) is 0 Å². The molecule has 0 aliphatic heterocycles. The van der Waals surface area contributed by atoms with Gasteiger partial charge in [-0.25, -0.2) is 4.39 Å². The van der Waals surface area contributed by atoms with E-state index in [0.717, 1.165) is 17.9 Å². The van der Waals surface area contributed by atoms with E-state index in [4.69, 9.17) is 5.26 Å². The second-order valence-electron chi connectivity index (χ2n) is 7.26. The maximum Gasteiger partial charge on any atom is 0.142 e. The third-order valence-corrected chi connectivity index (χ3v) is 5.45. The van der Waals surface area contributed by atoms with E-state index < -0.39 is 5.82 Å². The van der Waals surface area contributed by atoms with Gasteiger partial charge in [-0.2, -0.15) is 5.26 Å². The van der Waals surface area contributed by atoms with E-state index in [9.17, 15) is 4.39 Å². The van der Waals surface area contributed by atoms with Crippen LogP contribution in [0.15, 0.2) is 55.1 Å². The number of nitriles is 1. The number of rotatable bonds is 4. The molecule has 0 atom stereocenters. The van der Waals surface area contributed by atoms with Crippen molar-refractivity contribution in [3.8, 4) is 17.9 Å². The minimum atomic E-state index is -0.525. The lowest BCUT2D eigenvalue weighted by Crippen LogP contribution is -2.13. The van der Waals surface area contributed by atoms with Crippen molar-refractivity contribution >= 4 is 0 Å². The van der Waals surface area contributed by atoms with Gasteiger partial charge in [-0.1, -0.05) is 30.0 Å². The normalized spacial score (nSPS) is 18.8. The Morgan fingerprint density at radius 3 is 2.30 bits per heavy atom. The molecule has 0 amide bonds. The second kappa shape index (κ2) is 9.20. The summed E-state index contributed by atoms with van der Waals surface area (Å²) in [5, 5.41) is 8.77. The number of nitrogens with zero attached hydrogens (tertiary/aromatic N) is 1. The highest BCUT2D eigenvalue weighted by atomic mass is 19.1. The average Bonchev–Trinajstić information content (AvgIpc) is 2.71. The summed E-state index contributed by atoms with van der Waals surface area (Å²) in [4.78, 5) is 0. The van der Waals surface area contributed by atoms with Crippen molar-refractivity contribution in [2.45, 2.75) is 44.4 Å². The number of benzene rings is 2. The van der Waals surface area contributed by atoms with E-state index in [1.54, 1.807) is 6.07 Å². The number of allylic oxidation sites excluding steroid dienone is 1. The van der Waals surface area contributed by atoms with Crippen LogP contribution in [-0.2, 0) is 0 Å². The molecular weight excluding hydrogens is 333 g/mol. The standard InChI is InChI=1S/C25H24FN/c1-2-3-4-19-7-12-22(13-8-19)23-14-9-20(10-15-23)5-6-21-11-16-24(18-27)25(26)17-21/h2,9-11,14-17,19,22H,1,3-4,7-8,12-13H2. The minimum absolute atomic E-state index is 0.0455. The van der Waals surface area contributed by atoms with Gasteiger partial charge in [0.05, 0.1) is 5.56 Å². The van der Waals surface area contributed by atoms with Gasteiger partial charge in [-0.3, -0.25) is 0 Å². The molecule has 2 heteroatoms. The lowest BCUT2D eigenvalue weighted by Gasteiger charge is -2.28. The molecule has 136 valence electrons. The first-order valence-corrected chi connectivity index (χ1v) is 9.62. The lowest BCUT2D eigenvalue weighted by atomic mass is 9.77. The molecule has 1 nitrogen and oxygen atoms in total. The van der Waals surface area contributed by atoms with Crippen LogP contribution < -0.4 is 0 Å². The Labute approximate surface area is 161 Å². The molecule has 3 rings (SSSR count). The van der Waals surface area contributed by atoms with E-state index in [-0.39, 0.29) is 5.56 Å². The van der Waals surface area contributed by atoms with E-state index in [0.29, 0.717) is 11.5 Å². The van der Waals surface area contributed by atoms with Crippen LogP contribution in [0.2, 0.25) is 0 Å². The molecule has 1 saturated carbocycles. The molecule has 0 spiro atoms. The summed E-state index contributed by atoms with van der Waals surface area (Å²) in [5.41, 5.74) is 2.94. The number of hydrogen-bond acceptors (Lipinski definition) is 1. The molecule has 2 aromatic carbocycles. The van der Waals surface area contributed by atoms with Gasteiger partial charge < -0.3 is 0 Å². The van der Waals surface area contributed by atoms with Crippen molar-refractivity contribution in [2.24, 2.45) is 5.92 Å². The van der Waals surface area contributed by atoms with Crippen LogP contribution in [0.3, 0.4) is 0 Å². The van der Waals surface area contributed by atoms with Crippen LogP contribution in [0.1, 0.15) is 66.7 Å². The zero-order valence-corrected chi connectivity index (χ0v) is 15.5. The third-order valence-electron chi connectivity index (χ3n) is 5.45. The van der Waals surface area contributed by atoms with Crippen LogP contribution >= 0.6 is 0 Å². The Bertz CT molecular complexity index is 885. The molecule has 0 heterocycles. The van der Waals surface area contributed by atoms with Gasteiger partial charge in [0.2, 0.25) is 0 Å². The van der Waals surface area contributed by atoms with E-state index >= 15 is 0 Å². The fourth-order valence-corrected chi connectivity index (χ4v) is 3.80. The summed E-state index contributed by atoms with van der Waals surface area (Å²) in [7, 11) is 0. The van der Waals surface area contributed by atoms with Crippen molar-refractivity contribution in [1.82, 2.24) is 0 Å². The zero-order valence-electron chi connectivity index (χ0n) is 15.5. The van der Waals surface area contributed by atoms with Crippen LogP contribution in [0.4, 0.5) is 4.39 Å². The highest BCUT2D eigenvalue weighted by Gasteiger charge is 2.21. The Balaban J connectivity index is 1.61. The molecule has 0 unspecified atom stereocenters. The van der Waals surface area contributed by atoms with E-state index in [2.05, 4.69) is 30.6 Å². The highest BCUT2D eigenvalue weighted by Crippen LogP contribution is 2.37. The van der Waals surface area contributed by atoms with Gasteiger partial charge in [-0.15, -0.1) is 6.58 Å². The van der Waals surface area contributed by atoms with Crippen LogP contribution in [-0.4, -0.2) is 0 Å². The van der Waals surface area contributed by atoms with Gasteiger partial charge in [-0.05, 0) is 86.3 Å². The SMILES string of the molecule is C=CCCC1CCC(c2ccc(C#Cc3ccc(C#N)c(F)c3)cc2)CC1. The molecule has 0 bridgehead atoms. The second-order valence-corrected chi connectivity index (χ2v) is 7.26. The largest absolute Gasteiger partial charge is 0.206 e. The topological polar surface area (TPSA) is 23.8 Å². The Morgan fingerprint density at radius 1 is 1.00 bits per heavy atom. The van der Waals surface area contributed by atoms with Crippen LogP contribution in [0.25, 0.3) is 0 Å². The first-order valence-electron chi connectivity index (χ1n) is 9.62. The highest BCUT2D eigenvalue weighted by molar-refractivity contribution is 5.46. The first-order chi connectivity index (χ1) is 13.2. The quantitative estimate of drug-likeness (QED) is 0.463. The summed E-state index contributed by atoms with van der Waals surface area (Å²) >= 11 is 0. The molecule has 1 aliphatic carbocycles. The molecular formula is C25H24FN. The molecule has 2 aromatic rings. The van der Waals surface area contributed by atoms with Crippen molar-refractivity contribution < 1.29 is 4.39 Å². The van der Waals surface area contributed by atoms with Crippen LogP contribution in [0, 0.1) is 34.9 Å². The Hall–Kier alpha value is -2.84. The fourth-order valence-electron chi connectivity index (χ4n) is 3.80. The zero-order chi connectivity index (χ0) is 19.1. The van der Waals surface area contributed by atoms with Crippen molar-refractivity contribution in [1.29, 1.82) is 5.26 Å². The minimum Gasteiger partial charge on any atom is -0.206 e. The summed E-state index contributed by atoms with van der Waals surface area (Å²) in [5.74, 6) is 7.03. The predicted octanol–water partition coefficient (Wildman–Crippen LogP) is 6.34. The lowest BCUT2D eigenvalue weighted by molar-refractivity contribution is 0.312. The Kier molecular flexibility index (Phi) is 6.45. The maximum atomic E-state index is 13.6. The summed E-state index contributed by atoms with van der Waals surface area (Å²) in [6, 6.07) is 14.7. The average molecular weight is 357 g/mol. The molecule has 0 saturated heterocycles. The van der Waals surface area contributed by atoms with Crippen LogP contribution in [0.5, 0.6) is 0 Å². The summed E-state index contributed by atoms with van der Waals surface area (Å²) in [6.45, 7) is 3.82. The van der Waals surface area contributed by atoms with Gasteiger partial charge in [0.25, 0.3) is 0 Å². The van der Waals surface area contributed by atoms with Crippen molar-refractivity contribution in [3.63, 3.8) is 0 Å². The summed E-state index contributed by atoms with van der Waals surface area (Å²) < 4.78 is 13.6. The molecule has 0 N–H and O–H groups in total. The molecule has 1 fully saturated rings. The third kappa shape index (κ3) is 5.08. The van der Waals surface area contributed by atoms with E-state index in [1.807, 2.05) is 24.3 Å². The van der Waals surface area contributed by atoms with Crippen molar-refractivity contribution in [3.05, 3.63) is 83.2 Å². The van der Waals surface area contributed by atoms with Gasteiger partial charge >= 0.3 is 0 Å². The maximum absolute atomic E-state index is 13.6. The number of hydrogen-bond donors (Lipinski definition) is 0. The predicted molar refractivity (Wildman–Crippen MR) is 108 cm³/mol. The van der Waals surface area contributed by atoms with Crippen molar-refractivity contribution in [2.75, 3.05) is 0 Å². The Morgan fingerprint density at radius 2 is 1.67 bits per heavy atom. The van der Waals surface area contributed by atoms with Gasteiger partial charge in [0.1, 0.15) is 11.9 Å². The molecule has 0 radical (unpaired) electrons. The number of halogens is 1. The fraction of sp³-hybridized carbons (Fsp3) is 0.320. The van der Waals surface area contributed by atoms with E-state index in [1.165, 1.54) is 49.8 Å². The van der Waals surface area contributed by atoms with Gasteiger partial charge in [0, 0.05) is 11.1 Å². The summed E-state index contributed by atoms with van der Waals surface area (Å²) in [6.07, 6.45) is 9.58. The molecule has 1 aliphatic rings. The molecule has 0 aromatic heterocycles.